The van der Waals surface area contributed by atoms with Gasteiger partial charge in [0, 0.05) is 24.2 Å². The average Bonchev–Trinajstić information content (AvgIpc) is 2.31. The lowest BCUT2D eigenvalue weighted by atomic mass is 10.0. The first-order chi connectivity index (χ1) is 8.17. The van der Waals surface area contributed by atoms with E-state index in [0.29, 0.717) is 12.6 Å². The Bertz CT molecular complexity index is 373. The largest absolute Gasteiger partial charge is 0.328 e. The van der Waals surface area contributed by atoms with Crippen LogP contribution in [0.4, 0.5) is 0 Å². The van der Waals surface area contributed by atoms with Gasteiger partial charge in [-0.05, 0) is 49.2 Å². The molecule has 0 aromatic heterocycles. The first-order valence-electron chi connectivity index (χ1n) is 6.13. The van der Waals surface area contributed by atoms with Gasteiger partial charge >= 0.3 is 0 Å². The van der Waals surface area contributed by atoms with E-state index in [-0.39, 0.29) is 0 Å². The summed E-state index contributed by atoms with van der Waals surface area (Å²) in [5.41, 5.74) is 13.9. The molecule has 0 saturated carbocycles. The summed E-state index contributed by atoms with van der Waals surface area (Å²) in [5.74, 6) is 0. The summed E-state index contributed by atoms with van der Waals surface area (Å²) in [6.07, 6.45) is 2.18. The van der Waals surface area contributed by atoms with Crippen molar-refractivity contribution in [2.75, 3.05) is 13.1 Å². The molecule has 3 nitrogen and oxygen atoms in total. The summed E-state index contributed by atoms with van der Waals surface area (Å²) in [6, 6.07) is 6.47. The second-order valence-corrected chi connectivity index (χ2v) is 5.22. The highest BCUT2D eigenvalue weighted by Gasteiger charge is 2.16. The van der Waals surface area contributed by atoms with Crippen molar-refractivity contribution in [3.05, 3.63) is 34.3 Å². The van der Waals surface area contributed by atoms with E-state index in [2.05, 4.69) is 11.0 Å². The second-order valence-electron chi connectivity index (χ2n) is 4.79. The highest BCUT2D eigenvalue weighted by molar-refractivity contribution is 6.30. The van der Waals surface area contributed by atoms with Gasteiger partial charge in [0.1, 0.15) is 0 Å². The van der Waals surface area contributed by atoms with Gasteiger partial charge < -0.3 is 11.5 Å². The minimum absolute atomic E-state index is 0.380. The smallest absolute Gasteiger partial charge is 0.0412 e. The van der Waals surface area contributed by atoms with Gasteiger partial charge in [0.15, 0.2) is 0 Å². The molecule has 1 saturated heterocycles. The van der Waals surface area contributed by atoms with Crippen LogP contribution in [-0.2, 0) is 13.1 Å². The molecule has 1 fully saturated rings. The molecule has 1 aromatic rings. The third kappa shape index (κ3) is 3.68. The molecular weight excluding hydrogens is 234 g/mol. The Kier molecular flexibility index (Phi) is 4.40. The Morgan fingerprint density at radius 1 is 1.18 bits per heavy atom. The highest BCUT2D eigenvalue weighted by atomic mass is 35.5. The molecule has 17 heavy (non-hydrogen) atoms. The van der Waals surface area contributed by atoms with Gasteiger partial charge in [0.25, 0.3) is 0 Å². The molecule has 0 radical (unpaired) electrons. The van der Waals surface area contributed by atoms with Crippen molar-refractivity contribution >= 4 is 11.6 Å². The van der Waals surface area contributed by atoms with Crippen LogP contribution in [0.25, 0.3) is 0 Å². The molecule has 0 unspecified atom stereocenters. The van der Waals surface area contributed by atoms with Gasteiger partial charge in [-0.1, -0.05) is 17.7 Å². The van der Waals surface area contributed by atoms with Crippen LogP contribution in [0.15, 0.2) is 18.2 Å². The third-order valence-electron chi connectivity index (χ3n) is 3.29. The van der Waals surface area contributed by atoms with E-state index in [1.54, 1.807) is 0 Å². The Labute approximate surface area is 108 Å². The fourth-order valence-corrected chi connectivity index (χ4v) is 2.58. The van der Waals surface area contributed by atoms with Gasteiger partial charge in [0.05, 0.1) is 0 Å². The number of likely N-dealkylation sites (tertiary alicyclic amines) is 1. The Morgan fingerprint density at radius 2 is 1.82 bits per heavy atom. The predicted octanol–water partition coefficient (Wildman–Crippen LogP) is 1.72. The number of nitrogens with zero attached hydrogens (tertiary/aromatic N) is 1. The van der Waals surface area contributed by atoms with Crippen LogP contribution < -0.4 is 11.5 Å². The average molecular weight is 254 g/mol. The molecule has 1 aromatic carbocycles. The summed E-state index contributed by atoms with van der Waals surface area (Å²) in [6.45, 7) is 3.63. The maximum atomic E-state index is 6.08. The monoisotopic (exact) mass is 253 g/mol. The number of halogens is 1. The zero-order valence-electron chi connectivity index (χ0n) is 10.0. The van der Waals surface area contributed by atoms with Crippen LogP contribution in [-0.4, -0.2) is 24.0 Å². The van der Waals surface area contributed by atoms with Gasteiger partial charge in [-0.15, -0.1) is 0 Å². The number of rotatable bonds is 3. The van der Waals surface area contributed by atoms with Gasteiger partial charge in [-0.2, -0.15) is 0 Å². The van der Waals surface area contributed by atoms with E-state index < -0.39 is 0 Å². The summed E-state index contributed by atoms with van der Waals surface area (Å²) in [5, 5.41) is 0.775. The van der Waals surface area contributed by atoms with Crippen LogP contribution >= 0.6 is 11.6 Å². The first-order valence-corrected chi connectivity index (χ1v) is 6.51. The van der Waals surface area contributed by atoms with Gasteiger partial charge in [-0.3, -0.25) is 4.90 Å². The zero-order chi connectivity index (χ0) is 12.3. The molecule has 4 heteroatoms. The SMILES string of the molecule is NCc1cc(Cl)cc(CN2CCC(N)CC2)c1. The maximum Gasteiger partial charge on any atom is 0.0412 e. The van der Waals surface area contributed by atoms with Crippen molar-refractivity contribution in [1.82, 2.24) is 4.90 Å². The lowest BCUT2D eigenvalue weighted by molar-refractivity contribution is 0.205. The fourth-order valence-electron chi connectivity index (χ4n) is 2.30. The molecule has 0 aliphatic carbocycles. The highest BCUT2D eigenvalue weighted by Crippen LogP contribution is 2.18. The number of hydrogen-bond donors (Lipinski definition) is 2. The quantitative estimate of drug-likeness (QED) is 0.863. The van der Waals surface area contributed by atoms with Crippen LogP contribution in [0.1, 0.15) is 24.0 Å². The van der Waals surface area contributed by atoms with Crippen molar-refractivity contribution in [2.45, 2.75) is 32.0 Å². The third-order valence-corrected chi connectivity index (χ3v) is 3.51. The van der Waals surface area contributed by atoms with Crippen LogP contribution in [0.3, 0.4) is 0 Å². The standard InChI is InChI=1S/C13H20ClN3/c14-12-6-10(8-15)5-11(7-12)9-17-3-1-13(16)2-4-17/h5-7,13H,1-4,8-9,15-16H2. The van der Waals surface area contributed by atoms with E-state index in [4.69, 9.17) is 23.1 Å². The van der Waals surface area contributed by atoms with Gasteiger partial charge in [-0.25, -0.2) is 0 Å². The maximum absolute atomic E-state index is 6.08. The number of hydrogen-bond acceptors (Lipinski definition) is 3. The molecule has 2 rings (SSSR count). The van der Waals surface area contributed by atoms with Crippen LogP contribution in [0.2, 0.25) is 5.02 Å². The molecule has 1 heterocycles. The van der Waals surface area contributed by atoms with Crippen LogP contribution in [0, 0.1) is 0 Å². The first kappa shape index (κ1) is 12.8. The molecule has 1 aliphatic heterocycles. The summed E-state index contributed by atoms with van der Waals surface area (Å²) in [4.78, 5) is 2.43. The number of benzene rings is 1. The van der Waals surface area contributed by atoms with E-state index in [9.17, 15) is 0 Å². The normalized spacial score (nSPS) is 18.5. The second kappa shape index (κ2) is 5.83. The van der Waals surface area contributed by atoms with E-state index >= 15 is 0 Å². The Balaban J connectivity index is 2.00. The zero-order valence-corrected chi connectivity index (χ0v) is 10.8. The van der Waals surface area contributed by atoms with Crippen molar-refractivity contribution < 1.29 is 0 Å². The fraction of sp³-hybridized carbons (Fsp3) is 0.538. The molecular formula is C13H20ClN3. The molecule has 0 bridgehead atoms. The number of piperidine rings is 1. The van der Waals surface area contributed by atoms with Crippen molar-refractivity contribution in [3.8, 4) is 0 Å². The molecule has 4 N–H and O–H groups in total. The summed E-state index contributed by atoms with van der Waals surface area (Å²) < 4.78 is 0. The molecule has 0 amide bonds. The lowest BCUT2D eigenvalue weighted by Crippen LogP contribution is -2.39. The van der Waals surface area contributed by atoms with Crippen LogP contribution in [0.5, 0.6) is 0 Å². The molecule has 1 aliphatic rings. The summed E-state index contributed by atoms with van der Waals surface area (Å²) >= 11 is 6.08. The minimum Gasteiger partial charge on any atom is -0.328 e. The van der Waals surface area contributed by atoms with E-state index in [1.165, 1.54) is 5.56 Å². The Hall–Kier alpha value is -0.610. The van der Waals surface area contributed by atoms with Crippen molar-refractivity contribution in [2.24, 2.45) is 11.5 Å². The summed E-state index contributed by atoms with van der Waals surface area (Å²) in [7, 11) is 0. The van der Waals surface area contributed by atoms with Crippen molar-refractivity contribution in [3.63, 3.8) is 0 Å². The lowest BCUT2D eigenvalue weighted by Gasteiger charge is -2.30. The molecule has 94 valence electrons. The predicted molar refractivity (Wildman–Crippen MR) is 71.8 cm³/mol. The van der Waals surface area contributed by atoms with E-state index in [1.807, 2.05) is 12.1 Å². The number of nitrogens with two attached hydrogens (primary N) is 2. The van der Waals surface area contributed by atoms with Crippen molar-refractivity contribution in [1.29, 1.82) is 0 Å². The molecule has 0 atom stereocenters. The van der Waals surface area contributed by atoms with Gasteiger partial charge in [0.2, 0.25) is 0 Å². The minimum atomic E-state index is 0.380. The van der Waals surface area contributed by atoms with E-state index in [0.717, 1.165) is 43.1 Å². The Morgan fingerprint density at radius 3 is 2.47 bits per heavy atom. The topological polar surface area (TPSA) is 55.3 Å². The molecule has 0 spiro atoms.